The Hall–Kier alpha value is -2.45. The van der Waals surface area contributed by atoms with Crippen LogP contribution in [0.25, 0.3) is 6.08 Å². The van der Waals surface area contributed by atoms with Gasteiger partial charge in [-0.05, 0) is 97.3 Å². The number of nitrogens with zero attached hydrogens (tertiary/aromatic N) is 2. The largest absolute Gasteiger partial charge is 1.00 e. The van der Waals surface area contributed by atoms with E-state index in [-0.39, 0.29) is 158 Å². The van der Waals surface area contributed by atoms with E-state index in [2.05, 4.69) is 31.7 Å². The molecule has 0 unspecified atom stereocenters. The molecular weight excluding hydrogens is 965 g/mol. The number of aryl methyl sites for hydroxylation is 2. The van der Waals surface area contributed by atoms with Gasteiger partial charge in [0.1, 0.15) is 46.2 Å². The van der Waals surface area contributed by atoms with E-state index in [0.29, 0.717) is 11.1 Å². The van der Waals surface area contributed by atoms with Crippen LogP contribution in [-0.4, -0.2) is 80.9 Å². The number of hydrazine groups is 1. The number of benzene rings is 3. The molecule has 3 aromatic rings. The maximum atomic E-state index is 13.4. The van der Waals surface area contributed by atoms with Crippen LogP contribution in [0, 0.1) is 13.8 Å². The van der Waals surface area contributed by atoms with E-state index in [4.69, 9.17) is 0 Å². The van der Waals surface area contributed by atoms with Gasteiger partial charge in [-0.15, -0.1) is 0 Å². The van der Waals surface area contributed by atoms with E-state index in [1.807, 2.05) is 0 Å². The van der Waals surface area contributed by atoms with Crippen LogP contribution in [0.2, 0.25) is 0 Å². The van der Waals surface area contributed by atoms with Crippen LogP contribution in [0.15, 0.2) is 125 Å². The third-order valence-corrected chi connectivity index (χ3v) is 11.9. The molecule has 64 heavy (non-hydrogen) atoms. The van der Waals surface area contributed by atoms with Crippen LogP contribution in [0.4, 0.5) is 21.9 Å². The zero-order valence-electron chi connectivity index (χ0n) is 34.2. The zero-order valence-corrected chi connectivity index (χ0v) is 45.5. The van der Waals surface area contributed by atoms with Gasteiger partial charge in [-0.3, -0.25) is 20.4 Å². The number of carbonyl (C=O) groups excluding carboxylic acids is 3. The first-order valence-corrected chi connectivity index (χ1v) is 22.1. The van der Waals surface area contributed by atoms with E-state index >= 15 is 0 Å². The van der Waals surface area contributed by atoms with E-state index in [9.17, 15) is 66.3 Å². The number of nitrogens with one attached hydrogen (secondary N) is 4. The van der Waals surface area contributed by atoms with Gasteiger partial charge in [0.15, 0.2) is 5.78 Å². The minimum absolute atomic E-state index is 0. The van der Waals surface area contributed by atoms with Crippen molar-refractivity contribution in [1.82, 2.24) is 5.43 Å². The molecule has 3 aliphatic rings. The summed E-state index contributed by atoms with van der Waals surface area (Å²) in [5.41, 5.74) is 4.39. The summed E-state index contributed by atoms with van der Waals surface area (Å²) in [5, 5.41) is 6.01. The Morgan fingerprint density at radius 3 is 1.94 bits per heavy atom. The number of hydrogen-bond acceptors (Lipinski definition) is 19. The summed E-state index contributed by atoms with van der Waals surface area (Å²) in [6.45, 7) is 2.97. The van der Waals surface area contributed by atoms with Crippen molar-refractivity contribution in [2.45, 2.75) is 23.6 Å². The number of carbonyl (C=O) groups is 3. The van der Waals surface area contributed by atoms with Crippen molar-refractivity contribution >= 4 is 92.6 Å². The first-order valence-electron chi connectivity index (χ1n) is 16.4. The van der Waals surface area contributed by atoms with Gasteiger partial charge < -0.3 is 29.0 Å². The number of ketones is 2. The van der Waals surface area contributed by atoms with E-state index in [0.717, 1.165) is 66.8 Å². The molecule has 0 aliphatic heterocycles. The molecule has 0 spiro atoms. The molecule has 0 radical (unpaired) electrons. The van der Waals surface area contributed by atoms with Crippen molar-refractivity contribution in [3.63, 3.8) is 0 Å². The summed E-state index contributed by atoms with van der Waals surface area (Å²) in [6.07, 6.45) is 4.66. The molecule has 0 fully saturated rings. The maximum Gasteiger partial charge on any atom is 1.00 e. The van der Waals surface area contributed by atoms with Crippen LogP contribution in [-0.2, 0) is 45.3 Å². The summed E-state index contributed by atoms with van der Waals surface area (Å²) in [4.78, 5) is 39.9. The minimum atomic E-state index is -5.42. The summed E-state index contributed by atoms with van der Waals surface area (Å²) >= 11 is 0. The molecule has 0 saturated carbocycles. The van der Waals surface area contributed by atoms with Crippen molar-refractivity contribution < 1.29 is 184 Å². The van der Waals surface area contributed by atoms with Crippen LogP contribution in [0.5, 0.6) is 0 Å². The molecule has 0 heterocycles. The SMILES string of the molecule is Cc1cc(NNC2=CC(=O)C3=CC(=NC(=O)Nc4ccc5c(c4)C=C(S(=O)(=O)[O-])/C(=N\Nc4ccc(C)cc4S(=O)(=O)[O-])C5=O)C=CC3=C2S(=O)(=O)[O-])cc(S(=O)(=O)[O-])c1.[Na+].[Na+].[Na+].[Na+]. The van der Waals surface area contributed by atoms with Gasteiger partial charge in [0.2, 0.25) is 5.78 Å². The number of amides is 2. The molecule has 0 aromatic heterocycles. The van der Waals surface area contributed by atoms with Crippen LogP contribution >= 0.6 is 0 Å². The Morgan fingerprint density at radius 2 is 1.33 bits per heavy atom. The molecule has 29 heteroatoms. The van der Waals surface area contributed by atoms with Crippen LogP contribution in [0.3, 0.4) is 0 Å². The van der Waals surface area contributed by atoms with Gasteiger partial charge in [0, 0.05) is 28.5 Å². The number of allylic oxidation sites excluding steroid dienone is 7. The van der Waals surface area contributed by atoms with Crippen molar-refractivity contribution in [3.8, 4) is 0 Å². The topological polar surface area (TPSA) is 353 Å². The summed E-state index contributed by atoms with van der Waals surface area (Å²) in [5.74, 6) is -1.96. The normalized spacial score (nSPS) is 16.0. The second-order valence-electron chi connectivity index (χ2n) is 12.8. The molecule has 312 valence electrons. The average molecular weight is 989 g/mol. The van der Waals surface area contributed by atoms with Gasteiger partial charge in [-0.1, -0.05) is 12.1 Å². The van der Waals surface area contributed by atoms with Gasteiger partial charge in [-0.25, -0.2) is 38.5 Å². The third-order valence-electron chi connectivity index (χ3n) is 8.44. The number of fused-ring (bicyclic) bond motifs is 2. The number of Topliss-reactive ketones (excluding diaryl/α,β-unsaturated/α-hetero) is 1. The maximum absolute atomic E-state index is 13.4. The number of aliphatic imine (C=N–C) groups is 1. The molecule has 21 nitrogen and oxygen atoms in total. The predicted octanol–water partition coefficient (Wildman–Crippen LogP) is -9.97. The summed E-state index contributed by atoms with van der Waals surface area (Å²) < 4.78 is 144. The Balaban J connectivity index is 0.00000352. The van der Waals surface area contributed by atoms with Gasteiger partial charge in [0.25, 0.3) is 0 Å². The van der Waals surface area contributed by atoms with Crippen LogP contribution in [0.1, 0.15) is 27.0 Å². The number of urea groups is 1. The number of anilines is 3. The molecule has 3 aromatic carbocycles. The molecule has 6 rings (SSSR count). The first-order chi connectivity index (χ1) is 27.8. The Labute approximate surface area is 454 Å². The first kappa shape index (κ1) is 57.7. The minimum Gasteiger partial charge on any atom is -0.744 e. The van der Waals surface area contributed by atoms with E-state index in [1.165, 1.54) is 32.0 Å². The molecule has 0 atom stereocenters. The van der Waals surface area contributed by atoms with E-state index < -0.39 is 94.8 Å². The molecule has 4 N–H and O–H groups in total. The third kappa shape index (κ3) is 13.6. The summed E-state index contributed by atoms with van der Waals surface area (Å²) in [7, 11) is -20.7. The Bertz CT molecular complexity index is 3180. The van der Waals surface area contributed by atoms with Crippen molar-refractivity contribution in [1.29, 1.82) is 0 Å². The fourth-order valence-electron chi connectivity index (χ4n) is 5.91. The van der Waals surface area contributed by atoms with Gasteiger partial charge in [0.05, 0.1) is 42.4 Å². The molecule has 0 bridgehead atoms. The predicted molar refractivity (Wildman–Crippen MR) is 208 cm³/mol. The second-order valence-corrected chi connectivity index (χ2v) is 18.2. The monoisotopic (exact) mass is 988 g/mol. The zero-order chi connectivity index (χ0) is 44.1. The number of hydrogen-bond donors (Lipinski definition) is 4. The van der Waals surface area contributed by atoms with Gasteiger partial charge in [-0.2, -0.15) is 10.1 Å². The second kappa shape index (κ2) is 22.1. The van der Waals surface area contributed by atoms with Crippen molar-refractivity contribution in [2.75, 3.05) is 16.2 Å². The molecule has 2 amide bonds. The smallest absolute Gasteiger partial charge is 0.744 e. The molecule has 3 aliphatic carbocycles. The van der Waals surface area contributed by atoms with E-state index in [1.54, 1.807) is 0 Å². The van der Waals surface area contributed by atoms with Gasteiger partial charge >= 0.3 is 124 Å². The Kier molecular flexibility index (Phi) is 19.9. The molecular formula is C35H24N6Na4O15S4. The fourth-order valence-corrected chi connectivity index (χ4v) is 8.70. The molecule has 0 saturated heterocycles. The van der Waals surface area contributed by atoms with Crippen molar-refractivity contribution in [3.05, 3.63) is 128 Å². The Morgan fingerprint density at radius 1 is 0.656 bits per heavy atom. The quantitative estimate of drug-likeness (QED) is 0.0832. The number of rotatable bonds is 10. The van der Waals surface area contributed by atoms with Crippen molar-refractivity contribution in [2.24, 2.45) is 10.1 Å². The summed E-state index contributed by atoms with van der Waals surface area (Å²) in [6, 6.07) is 9.30. The standard InChI is InChI=1S/C35H28N6O15S4.4Na/c1-17-3-8-27(30(11-17)58(48,49)50)39-41-32-31(59(51,52)53)13-19-12-20(4-6-24(19)33(32)43)36-35(44)37-21-5-7-25-26(15-21)29(42)16-28(34(25)60(54,55)56)40-38-22-9-18(2)10-23(14-22)57(45,46)47;;;;/h3-16,38-40H,1-2H3,(H,36,44)(H,45,46,47)(H,48,49,50)(H,51,52,53)(H,54,55,56);;;;/q;4*+1/p-4/b37-21?,41-32+;;;;. The van der Waals surface area contributed by atoms with Crippen LogP contribution < -0.4 is 140 Å². The number of hydrazone groups is 1. The fraction of sp³-hybridized carbons (Fsp3) is 0.0571. The average Bonchev–Trinajstić information content (AvgIpc) is 3.12.